The van der Waals surface area contributed by atoms with Gasteiger partial charge in [-0.15, -0.1) is 24.0 Å². The summed E-state index contributed by atoms with van der Waals surface area (Å²) in [5.74, 6) is 2.26. The molecular weight excluding hydrogens is 448 g/mol. The third-order valence-electron chi connectivity index (χ3n) is 3.60. The largest absolute Gasteiger partial charge is 0.491 e. The molecule has 144 valence electrons. The van der Waals surface area contributed by atoms with Gasteiger partial charge in [-0.05, 0) is 57.5 Å². The third kappa shape index (κ3) is 6.51. The lowest BCUT2D eigenvalue weighted by Gasteiger charge is -2.16. The molecule has 0 fully saturated rings. The molecule has 2 rings (SSSR count). The molecule has 1 atom stereocenters. The smallest absolute Gasteiger partial charge is 0.192 e. The van der Waals surface area contributed by atoms with E-state index in [0.717, 1.165) is 23.6 Å². The summed E-state index contributed by atoms with van der Waals surface area (Å²) in [5, 5.41) is 6.48. The number of hydrogen-bond donors (Lipinski definition) is 2. The number of ether oxygens (including phenoxy) is 1. The Bertz CT molecular complexity index is 719. The Balaban J connectivity index is 0.00000338. The maximum Gasteiger partial charge on any atom is 0.192 e. The van der Waals surface area contributed by atoms with Crippen LogP contribution in [-0.4, -0.2) is 19.1 Å². The van der Waals surface area contributed by atoms with Crippen molar-refractivity contribution in [3.05, 3.63) is 53.2 Å². The first-order valence-electron chi connectivity index (χ1n) is 8.55. The molecule has 0 spiro atoms. The number of aliphatic imine (C=N–C) groups is 1. The fourth-order valence-corrected chi connectivity index (χ4v) is 2.37. The lowest BCUT2D eigenvalue weighted by molar-refractivity contribution is 0.321. The highest BCUT2D eigenvalue weighted by molar-refractivity contribution is 14.0. The van der Waals surface area contributed by atoms with E-state index in [0.29, 0.717) is 19.1 Å². The number of furan rings is 1. The molecule has 2 aromatic rings. The molecule has 0 aliphatic rings. The van der Waals surface area contributed by atoms with E-state index in [2.05, 4.69) is 15.6 Å². The molecule has 0 aliphatic carbocycles. The van der Waals surface area contributed by atoms with E-state index in [-0.39, 0.29) is 41.6 Å². The zero-order valence-electron chi connectivity index (χ0n) is 15.6. The Morgan fingerprint density at radius 1 is 1.27 bits per heavy atom. The first-order valence-corrected chi connectivity index (χ1v) is 8.55. The second-order valence-corrected chi connectivity index (χ2v) is 5.71. The van der Waals surface area contributed by atoms with Crippen LogP contribution in [0, 0.1) is 12.7 Å². The summed E-state index contributed by atoms with van der Waals surface area (Å²) >= 11 is 0. The van der Waals surface area contributed by atoms with E-state index in [9.17, 15) is 4.39 Å². The normalized spacial score (nSPS) is 12.3. The predicted octanol–water partition coefficient (Wildman–Crippen LogP) is 4.56. The number of hydrogen-bond acceptors (Lipinski definition) is 3. The van der Waals surface area contributed by atoms with Gasteiger partial charge in [-0.25, -0.2) is 9.38 Å². The number of halogens is 2. The van der Waals surface area contributed by atoms with Crippen molar-refractivity contribution in [2.24, 2.45) is 4.99 Å². The number of rotatable bonds is 7. The molecule has 1 unspecified atom stereocenters. The summed E-state index contributed by atoms with van der Waals surface area (Å²) < 4.78 is 24.8. The van der Waals surface area contributed by atoms with Crippen LogP contribution >= 0.6 is 24.0 Å². The van der Waals surface area contributed by atoms with Crippen molar-refractivity contribution in [2.75, 3.05) is 13.2 Å². The van der Waals surface area contributed by atoms with Gasteiger partial charge in [0.05, 0.1) is 19.2 Å². The molecule has 0 saturated heterocycles. The molecule has 1 heterocycles. The van der Waals surface area contributed by atoms with Gasteiger partial charge < -0.3 is 19.8 Å². The second kappa shape index (κ2) is 11.1. The van der Waals surface area contributed by atoms with Crippen molar-refractivity contribution in [3.8, 4) is 5.75 Å². The number of nitrogens with one attached hydrogen (secondary N) is 2. The minimum Gasteiger partial charge on any atom is -0.491 e. The van der Waals surface area contributed by atoms with E-state index < -0.39 is 0 Å². The Morgan fingerprint density at radius 3 is 2.62 bits per heavy atom. The van der Waals surface area contributed by atoms with E-state index in [1.165, 1.54) is 6.07 Å². The van der Waals surface area contributed by atoms with Crippen LogP contribution in [0.3, 0.4) is 0 Å². The number of guanidine groups is 1. The molecule has 0 saturated carbocycles. The molecule has 0 amide bonds. The fourth-order valence-electron chi connectivity index (χ4n) is 2.37. The van der Waals surface area contributed by atoms with Crippen LogP contribution < -0.4 is 15.4 Å². The van der Waals surface area contributed by atoms with Crippen LogP contribution in [0.5, 0.6) is 5.75 Å². The minimum absolute atomic E-state index is 0. The average molecular weight is 475 g/mol. The van der Waals surface area contributed by atoms with Gasteiger partial charge in [-0.3, -0.25) is 0 Å². The van der Waals surface area contributed by atoms with Gasteiger partial charge in [0.2, 0.25) is 0 Å². The average Bonchev–Trinajstić information content (AvgIpc) is 3.02. The molecule has 2 N–H and O–H groups in total. The summed E-state index contributed by atoms with van der Waals surface area (Å²) in [4.78, 5) is 4.52. The molecule has 0 bridgehead atoms. The quantitative estimate of drug-likeness (QED) is 0.350. The monoisotopic (exact) mass is 475 g/mol. The highest BCUT2D eigenvalue weighted by Crippen LogP contribution is 2.19. The Morgan fingerprint density at radius 2 is 2.04 bits per heavy atom. The zero-order valence-corrected chi connectivity index (χ0v) is 18.0. The molecule has 7 heteroatoms. The topological polar surface area (TPSA) is 58.8 Å². The maximum absolute atomic E-state index is 13.9. The van der Waals surface area contributed by atoms with E-state index in [4.69, 9.17) is 9.15 Å². The van der Waals surface area contributed by atoms with Crippen molar-refractivity contribution in [3.63, 3.8) is 0 Å². The van der Waals surface area contributed by atoms with Crippen LogP contribution in [0.2, 0.25) is 0 Å². The Kier molecular flexibility index (Phi) is 9.47. The molecule has 0 radical (unpaired) electrons. The van der Waals surface area contributed by atoms with Gasteiger partial charge in [0.1, 0.15) is 11.5 Å². The molecule has 5 nitrogen and oxygen atoms in total. The highest BCUT2D eigenvalue weighted by Gasteiger charge is 2.11. The summed E-state index contributed by atoms with van der Waals surface area (Å²) in [6, 6.07) is 8.76. The van der Waals surface area contributed by atoms with Crippen LogP contribution in [0.1, 0.15) is 43.9 Å². The van der Waals surface area contributed by atoms with Crippen molar-refractivity contribution in [2.45, 2.75) is 40.3 Å². The van der Waals surface area contributed by atoms with Gasteiger partial charge in [0.25, 0.3) is 0 Å². The van der Waals surface area contributed by atoms with Crippen LogP contribution in [0.15, 0.2) is 39.7 Å². The molecule has 1 aromatic carbocycles. The van der Waals surface area contributed by atoms with E-state index >= 15 is 0 Å². The Labute approximate surface area is 171 Å². The van der Waals surface area contributed by atoms with Gasteiger partial charge in [-0.1, -0.05) is 6.07 Å². The van der Waals surface area contributed by atoms with Crippen molar-refractivity contribution in [1.29, 1.82) is 0 Å². The summed E-state index contributed by atoms with van der Waals surface area (Å²) in [6.45, 7) is 9.27. The van der Waals surface area contributed by atoms with Crippen LogP contribution in [-0.2, 0) is 6.54 Å². The van der Waals surface area contributed by atoms with E-state index in [1.807, 2.05) is 45.9 Å². The lowest BCUT2D eigenvalue weighted by atomic mass is 10.2. The SMILES string of the molecule is CCNC(=NCc1ccc(OCC)c(F)c1)NC(C)c1ccc(C)o1.I. The Hall–Kier alpha value is -1.77. The van der Waals surface area contributed by atoms with Crippen molar-refractivity contribution in [1.82, 2.24) is 10.6 Å². The number of benzene rings is 1. The van der Waals surface area contributed by atoms with Crippen molar-refractivity contribution < 1.29 is 13.5 Å². The molecular formula is C19H27FIN3O2. The lowest BCUT2D eigenvalue weighted by Crippen LogP contribution is -2.38. The van der Waals surface area contributed by atoms with Gasteiger partial charge in [0, 0.05) is 6.54 Å². The predicted molar refractivity (Wildman–Crippen MR) is 113 cm³/mol. The number of nitrogens with zero attached hydrogens (tertiary/aromatic N) is 1. The maximum atomic E-state index is 13.9. The zero-order chi connectivity index (χ0) is 18.2. The fraction of sp³-hybridized carbons (Fsp3) is 0.421. The minimum atomic E-state index is -0.369. The first kappa shape index (κ1) is 22.3. The van der Waals surface area contributed by atoms with Crippen LogP contribution in [0.25, 0.3) is 0 Å². The van der Waals surface area contributed by atoms with Gasteiger partial charge in [-0.2, -0.15) is 0 Å². The summed E-state index contributed by atoms with van der Waals surface area (Å²) in [6.07, 6.45) is 0. The van der Waals surface area contributed by atoms with Crippen LogP contribution in [0.4, 0.5) is 4.39 Å². The van der Waals surface area contributed by atoms with Crippen molar-refractivity contribution >= 4 is 29.9 Å². The summed E-state index contributed by atoms with van der Waals surface area (Å²) in [7, 11) is 0. The summed E-state index contributed by atoms with van der Waals surface area (Å²) in [5.41, 5.74) is 0.777. The molecule has 0 aliphatic heterocycles. The second-order valence-electron chi connectivity index (χ2n) is 5.71. The molecule has 26 heavy (non-hydrogen) atoms. The van der Waals surface area contributed by atoms with Gasteiger partial charge >= 0.3 is 0 Å². The molecule has 1 aromatic heterocycles. The van der Waals surface area contributed by atoms with E-state index in [1.54, 1.807) is 6.07 Å². The standard InChI is InChI=1S/C19H26FN3O2.HI/c1-5-21-19(23-14(4)17-9-7-13(3)25-17)22-12-15-8-10-18(24-6-2)16(20)11-15;/h7-11,14H,5-6,12H2,1-4H3,(H2,21,22,23);1H. The number of aryl methyl sites for hydroxylation is 1. The first-order chi connectivity index (χ1) is 12.0. The highest BCUT2D eigenvalue weighted by atomic mass is 127. The third-order valence-corrected chi connectivity index (χ3v) is 3.60. The van der Waals surface area contributed by atoms with Gasteiger partial charge in [0.15, 0.2) is 17.5 Å².